The standard InChI is InChI=1S/C22H20BrN3O4S2/c1-30-15-7-4-6-14(12-15)13-18-21(29)26(22(31)32-18)11-5-10-19(27)24-25-20(28)16-8-2-3-9-17(16)23/h2-4,6-9,12-13H,5,10-11H2,1H3,(H,24,27)(H,25,28)/b18-13+. The first kappa shape index (κ1) is 24.0. The molecule has 1 heterocycles. The summed E-state index contributed by atoms with van der Waals surface area (Å²) in [4.78, 5) is 38.9. The molecule has 1 aliphatic heterocycles. The lowest BCUT2D eigenvalue weighted by atomic mass is 10.2. The number of amides is 3. The molecule has 2 aromatic carbocycles. The van der Waals surface area contributed by atoms with Crippen molar-refractivity contribution in [1.82, 2.24) is 15.8 Å². The number of nitrogens with zero attached hydrogens (tertiary/aromatic N) is 1. The van der Waals surface area contributed by atoms with Crippen LogP contribution >= 0.6 is 39.9 Å². The molecule has 0 aromatic heterocycles. The topological polar surface area (TPSA) is 87.7 Å². The van der Waals surface area contributed by atoms with Crippen LogP contribution in [0.2, 0.25) is 0 Å². The lowest BCUT2D eigenvalue weighted by Gasteiger charge is -2.14. The van der Waals surface area contributed by atoms with Crippen molar-refractivity contribution < 1.29 is 19.1 Å². The molecule has 1 fully saturated rings. The summed E-state index contributed by atoms with van der Waals surface area (Å²) in [6.45, 7) is 0.311. The van der Waals surface area contributed by atoms with E-state index in [0.717, 1.165) is 5.56 Å². The molecule has 2 N–H and O–H groups in total. The van der Waals surface area contributed by atoms with Gasteiger partial charge >= 0.3 is 0 Å². The summed E-state index contributed by atoms with van der Waals surface area (Å²) in [6.07, 6.45) is 2.30. The van der Waals surface area contributed by atoms with E-state index in [2.05, 4.69) is 26.8 Å². The number of thioether (sulfide) groups is 1. The number of carbonyl (C=O) groups is 3. The second-order valence-electron chi connectivity index (χ2n) is 6.70. The van der Waals surface area contributed by atoms with E-state index in [-0.39, 0.29) is 18.2 Å². The molecule has 32 heavy (non-hydrogen) atoms. The normalized spacial score (nSPS) is 14.6. The van der Waals surface area contributed by atoms with Crippen LogP contribution in [0.15, 0.2) is 57.9 Å². The van der Waals surface area contributed by atoms with E-state index in [4.69, 9.17) is 17.0 Å². The third kappa shape index (κ3) is 6.18. The van der Waals surface area contributed by atoms with E-state index < -0.39 is 5.91 Å². The maximum atomic E-state index is 12.7. The molecule has 0 radical (unpaired) electrons. The van der Waals surface area contributed by atoms with Crippen LogP contribution in [0.4, 0.5) is 0 Å². The van der Waals surface area contributed by atoms with Crippen molar-refractivity contribution in [2.75, 3.05) is 13.7 Å². The van der Waals surface area contributed by atoms with Gasteiger partial charge in [-0.2, -0.15) is 0 Å². The summed E-state index contributed by atoms with van der Waals surface area (Å²) in [7, 11) is 1.58. The molecule has 3 amide bonds. The molecule has 0 unspecified atom stereocenters. The van der Waals surface area contributed by atoms with Crippen LogP contribution in [0.25, 0.3) is 6.08 Å². The van der Waals surface area contributed by atoms with Gasteiger partial charge in [0.25, 0.3) is 11.8 Å². The molecule has 0 saturated carbocycles. The fourth-order valence-corrected chi connectivity index (χ4v) is 4.65. The fourth-order valence-electron chi connectivity index (χ4n) is 2.87. The van der Waals surface area contributed by atoms with Gasteiger partial charge in [-0.15, -0.1) is 0 Å². The number of ether oxygens (including phenoxy) is 1. The van der Waals surface area contributed by atoms with Crippen LogP contribution in [-0.2, 0) is 9.59 Å². The van der Waals surface area contributed by atoms with Gasteiger partial charge in [-0.1, -0.05) is 48.2 Å². The Morgan fingerprint density at radius 1 is 1.19 bits per heavy atom. The molecule has 7 nitrogen and oxygen atoms in total. The SMILES string of the molecule is COc1cccc(/C=C2/SC(=S)N(CCCC(=O)NNC(=O)c3ccccc3Br)C2=O)c1. The van der Waals surface area contributed by atoms with Crippen LogP contribution in [-0.4, -0.2) is 40.6 Å². The van der Waals surface area contributed by atoms with Crippen molar-refractivity contribution in [2.45, 2.75) is 12.8 Å². The smallest absolute Gasteiger partial charge is 0.270 e. The van der Waals surface area contributed by atoms with Crippen LogP contribution in [0.1, 0.15) is 28.8 Å². The van der Waals surface area contributed by atoms with Crippen molar-refractivity contribution in [2.24, 2.45) is 0 Å². The van der Waals surface area contributed by atoms with E-state index in [1.54, 1.807) is 37.5 Å². The zero-order valence-electron chi connectivity index (χ0n) is 17.1. The zero-order valence-corrected chi connectivity index (χ0v) is 20.3. The molecule has 0 atom stereocenters. The van der Waals surface area contributed by atoms with Crippen molar-refractivity contribution in [3.8, 4) is 5.75 Å². The highest BCUT2D eigenvalue weighted by atomic mass is 79.9. The lowest BCUT2D eigenvalue weighted by Crippen LogP contribution is -2.42. The molecular weight excluding hydrogens is 514 g/mol. The number of carbonyl (C=O) groups excluding carboxylic acids is 3. The minimum Gasteiger partial charge on any atom is -0.497 e. The molecular formula is C22H20BrN3O4S2. The van der Waals surface area contributed by atoms with Gasteiger partial charge in [-0.3, -0.25) is 30.1 Å². The van der Waals surface area contributed by atoms with Crippen LogP contribution in [0.3, 0.4) is 0 Å². The van der Waals surface area contributed by atoms with E-state index in [9.17, 15) is 14.4 Å². The molecule has 166 valence electrons. The van der Waals surface area contributed by atoms with Gasteiger partial charge < -0.3 is 4.74 Å². The van der Waals surface area contributed by atoms with Crippen LogP contribution in [0, 0.1) is 0 Å². The van der Waals surface area contributed by atoms with E-state index >= 15 is 0 Å². The van der Waals surface area contributed by atoms with Gasteiger partial charge in [0.2, 0.25) is 5.91 Å². The molecule has 2 aromatic rings. The molecule has 0 aliphatic carbocycles. The Hall–Kier alpha value is -2.69. The maximum absolute atomic E-state index is 12.7. The number of hydrazine groups is 1. The highest BCUT2D eigenvalue weighted by molar-refractivity contribution is 9.10. The number of benzene rings is 2. The maximum Gasteiger partial charge on any atom is 0.270 e. The Labute approximate surface area is 203 Å². The number of halogens is 1. The minimum atomic E-state index is -0.426. The monoisotopic (exact) mass is 533 g/mol. The van der Waals surface area contributed by atoms with Crippen molar-refractivity contribution in [1.29, 1.82) is 0 Å². The predicted octanol–water partition coefficient (Wildman–Crippen LogP) is 3.90. The second-order valence-corrected chi connectivity index (χ2v) is 9.23. The molecule has 1 saturated heterocycles. The van der Waals surface area contributed by atoms with Gasteiger partial charge in [0.05, 0.1) is 17.6 Å². The van der Waals surface area contributed by atoms with E-state index in [1.807, 2.05) is 24.3 Å². The Balaban J connectivity index is 1.48. The molecule has 10 heteroatoms. The van der Waals surface area contributed by atoms with Gasteiger partial charge in [-0.05, 0) is 58.3 Å². The zero-order chi connectivity index (χ0) is 23.1. The third-order valence-corrected chi connectivity index (χ3v) is 6.55. The summed E-state index contributed by atoms with van der Waals surface area (Å²) < 4.78 is 6.28. The quantitative estimate of drug-likeness (QED) is 0.319. The number of nitrogens with one attached hydrogen (secondary N) is 2. The molecule has 3 rings (SSSR count). The summed E-state index contributed by atoms with van der Waals surface area (Å²) in [5, 5.41) is 0. The lowest BCUT2D eigenvalue weighted by molar-refractivity contribution is -0.124. The Bertz CT molecular complexity index is 1090. The number of thiocarbonyl (C=S) groups is 1. The highest BCUT2D eigenvalue weighted by Gasteiger charge is 2.31. The van der Waals surface area contributed by atoms with Crippen molar-refractivity contribution in [3.05, 3.63) is 69.0 Å². The summed E-state index contributed by atoms with van der Waals surface area (Å²) in [5.74, 6) is -0.273. The average Bonchev–Trinajstić information content (AvgIpc) is 3.05. The molecule has 0 spiro atoms. The predicted molar refractivity (Wildman–Crippen MR) is 132 cm³/mol. The first-order valence-electron chi connectivity index (χ1n) is 9.62. The number of rotatable bonds is 7. The first-order valence-corrected chi connectivity index (χ1v) is 11.6. The number of hydrogen-bond donors (Lipinski definition) is 2. The fraction of sp³-hybridized carbons (Fsp3) is 0.182. The Morgan fingerprint density at radius 2 is 1.97 bits per heavy atom. The second kappa shape index (κ2) is 11.3. The minimum absolute atomic E-state index is 0.127. The summed E-state index contributed by atoms with van der Waals surface area (Å²) in [5.41, 5.74) is 6.01. The molecule has 1 aliphatic rings. The highest BCUT2D eigenvalue weighted by Crippen LogP contribution is 2.33. The van der Waals surface area contributed by atoms with E-state index in [1.165, 1.54) is 16.7 Å². The van der Waals surface area contributed by atoms with Crippen LogP contribution < -0.4 is 15.6 Å². The van der Waals surface area contributed by atoms with Crippen LogP contribution in [0.5, 0.6) is 5.75 Å². The number of hydrogen-bond acceptors (Lipinski definition) is 6. The van der Waals surface area contributed by atoms with Gasteiger partial charge in [-0.25, -0.2) is 0 Å². The first-order chi connectivity index (χ1) is 15.4. The summed E-state index contributed by atoms with van der Waals surface area (Å²) >= 11 is 9.85. The Kier molecular flexibility index (Phi) is 8.43. The molecule has 0 bridgehead atoms. The van der Waals surface area contributed by atoms with Gasteiger partial charge in [0.1, 0.15) is 10.1 Å². The van der Waals surface area contributed by atoms with Gasteiger partial charge in [0.15, 0.2) is 0 Å². The number of methoxy groups -OCH3 is 1. The largest absolute Gasteiger partial charge is 0.497 e. The van der Waals surface area contributed by atoms with Crippen molar-refractivity contribution >= 4 is 68.0 Å². The third-order valence-electron chi connectivity index (χ3n) is 4.48. The summed E-state index contributed by atoms with van der Waals surface area (Å²) in [6, 6.07) is 14.3. The van der Waals surface area contributed by atoms with E-state index in [0.29, 0.717) is 38.0 Å². The van der Waals surface area contributed by atoms with Gasteiger partial charge in [0, 0.05) is 17.4 Å². The Morgan fingerprint density at radius 3 is 2.72 bits per heavy atom. The van der Waals surface area contributed by atoms with Crippen molar-refractivity contribution in [3.63, 3.8) is 0 Å². The average molecular weight is 534 g/mol.